The van der Waals surface area contributed by atoms with E-state index in [2.05, 4.69) is 4.57 Å². The highest BCUT2D eigenvalue weighted by Crippen LogP contribution is 2.37. The Morgan fingerprint density at radius 2 is 1.90 bits per heavy atom. The zero-order valence-corrected chi connectivity index (χ0v) is 19.7. The van der Waals surface area contributed by atoms with E-state index in [0.29, 0.717) is 13.1 Å². The number of nitrogens with zero attached hydrogens (tertiary/aromatic N) is 3. The molecule has 3 rings (SSSR count). The fraction of sp³-hybridized carbons (Fsp3) is 0.500. The van der Waals surface area contributed by atoms with Crippen molar-refractivity contribution in [3.05, 3.63) is 53.9 Å². The van der Waals surface area contributed by atoms with Crippen molar-refractivity contribution >= 4 is 23.4 Å². The summed E-state index contributed by atoms with van der Waals surface area (Å²) in [7, 11) is 1.64. The molecule has 0 N–H and O–H groups in total. The first kappa shape index (κ1) is 23.2. The van der Waals surface area contributed by atoms with Crippen molar-refractivity contribution in [3.8, 4) is 5.75 Å². The summed E-state index contributed by atoms with van der Waals surface area (Å²) >= 11 is 6.04. The molecule has 0 saturated carbocycles. The quantitative estimate of drug-likeness (QED) is 0.607. The minimum absolute atomic E-state index is 0.0170. The lowest BCUT2D eigenvalue weighted by molar-refractivity contribution is -0.148. The van der Waals surface area contributed by atoms with Gasteiger partial charge in [0.05, 0.1) is 12.5 Å². The van der Waals surface area contributed by atoms with E-state index < -0.39 is 5.41 Å². The Bertz CT molecular complexity index is 938. The van der Waals surface area contributed by atoms with E-state index >= 15 is 0 Å². The second kappa shape index (κ2) is 9.35. The zero-order valence-electron chi connectivity index (χ0n) is 19.0. The minimum atomic E-state index is -0.731. The van der Waals surface area contributed by atoms with Gasteiger partial charge in [0, 0.05) is 42.5 Å². The van der Waals surface area contributed by atoms with Gasteiger partial charge in [0.15, 0.2) is 0 Å². The fourth-order valence-corrected chi connectivity index (χ4v) is 4.16. The molecule has 0 saturated heterocycles. The van der Waals surface area contributed by atoms with E-state index in [1.807, 2.05) is 75.2 Å². The molecule has 1 aliphatic rings. The van der Waals surface area contributed by atoms with Crippen LogP contribution < -0.4 is 4.74 Å². The molecule has 0 spiro atoms. The predicted octanol–water partition coefficient (Wildman–Crippen LogP) is 3.93. The van der Waals surface area contributed by atoms with Gasteiger partial charge in [0.25, 0.3) is 0 Å². The monoisotopic (exact) mass is 445 g/mol. The molecule has 1 atom stereocenters. The highest BCUT2D eigenvalue weighted by Gasteiger charge is 2.38. The lowest BCUT2D eigenvalue weighted by Gasteiger charge is -2.40. The number of carbonyl (C=O) groups is 2. The molecule has 168 valence electrons. The van der Waals surface area contributed by atoms with Crippen molar-refractivity contribution in [2.24, 2.45) is 5.41 Å². The first-order valence-electron chi connectivity index (χ1n) is 10.7. The summed E-state index contributed by atoms with van der Waals surface area (Å²) < 4.78 is 7.78. The van der Waals surface area contributed by atoms with Crippen LogP contribution in [-0.2, 0) is 16.1 Å². The van der Waals surface area contributed by atoms with Crippen LogP contribution in [0.1, 0.15) is 45.0 Å². The van der Waals surface area contributed by atoms with Gasteiger partial charge in [-0.1, -0.05) is 18.2 Å². The lowest BCUT2D eigenvalue weighted by Crippen LogP contribution is -2.52. The number of aromatic nitrogens is 1. The third-order valence-electron chi connectivity index (χ3n) is 5.89. The molecule has 1 aliphatic heterocycles. The highest BCUT2D eigenvalue weighted by molar-refractivity contribution is 6.19. The van der Waals surface area contributed by atoms with Gasteiger partial charge in [-0.15, -0.1) is 11.6 Å². The van der Waals surface area contributed by atoms with E-state index in [1.165, 1.54) is 0 Å². The van der Waals surface area contributed by atoms with Crippen molar-refractivity contribution in [1.29, 1.82) is 0 Å². The Morgan fingerprint density at radius 1 is 1.19 bits per heavy atom. The van der Waals surface area contributed by atoms with E-state index in [4.69, 9.17) is 16.3 Å². The van der Waals surface area contributed by atoms with E-state index in [0.717, 1.165) is 17.0 Å². The molecule has 6 nitrogen and oxygen atoms in total. The fourth-order valence-electron chi connectivity index (χ4n) is 4.04. The summed E-state index contributed by atoms with van der Waals surface area (Å²) in [5, 5.41) is 0. The molecule has 2 heterocycles. The molecule has 2 amide bonds. The number of halogens is 1. The molecule has 0 radical (unpaired) electrons. The Morgan fingerprint density at radius 3 is 2.55 bits per heavy atom. The Balaban J connectivity index is 1.96. The van der Waals surface area contributed by atoms with Gasteiger partial charge in [-0.05, 0) is 45.9 Å². The third-order valence-corrected chi connectivity index (χ3v) is 6.56. The van der Waals surface area contributed by atoms with Crippen molar-refractivity contribution in [1.82, 2.24) is 14.4 Å². The normalized spacial score (nSPS) is 16.2. The number of rotatable bonds is 7. The van der Waals surface area contributed by atoms with Crippen molar-refractivity contribution in [2.45, 2.75) is 46.3 Å². The Hall–Kier alpha value is -2.47. The van der Waals surface area contributed by atoms with Gasteiger partial charge in [0.1, 0.15) is 18.3 Å². The van der Waals surface area contributed by atoms with Gasteiger partial charge in [0.2, 0.25) is 11.8 Å². The average molecular weight is 446 g/mol. The highest BCUT2D eigenvalue weighted by atomic mass is 35.5. The molecule has 1 unspecified atom stereocenters. The molecule has 0 fully saturated rings. The number of para-hydroxylation sites is 1. The zero-order chi connectivity index (χ0) is 22.8. The van der Waals surface area contributed by atoms with Crippen LogP contribution in [0.3, 0.4) is 0 Å². The number of alkyl halides is 1. The standard InChI is InChI=1S/C24H32ClN3O3/c1-17(2)28(23(30)24(3,4)16-25)15-21(29)27-14-13-26-12-8-10-19(26)22(27)18-9-6-7-11-20(18)31-5/h6-12,17,22H,13-16H2,1-5H3. The number of carbonyl (C=O) groups excluding carboxylic acids is 2. The van der Waals surface area contributed by atoms with Crippen LogP contribution in [0.2, 0.25) is 0 Å². The van der Waals surface area contributed by atoms with Crippen molar-refractivity contribution in [2.75, 3.05) is 26.1 Å². The summed E-state index contributed by atoms with van der Waals surface area (Å²) in [6, 6.07) is 11.4. The van der Waals surface area contributed by atoms with Crippen molar-refractivity contribution in [3.63, 3.8) is 0 Å². The largest absolute Gasteiger partial charge is 0.496 e. The molecule has 1 aromatic carbocycles. The number of benzene rings is 1. The van der Waals surface area contributed by atoms with E-state index in [1.54, 1.807) is 12.0 Å². The van der Waals surface area contributed by atoms with Crippen LogP contribution in [0.25, 0.3) is 0 Å². The van der Waals surface area contributed by atoms with Crippen LogP contribution >= 0.6 is 11.6 Å². The minimum Gasteiger partial charge on any atom is -0.496 e. The molecule has 0 bridgehead atoms. The molecule has 7 heteroatoms. The number of amides is 2. The Kier molecular flexibility index (Phi) is 6.99. The van der Waals surface area contributed by atoms with E-state index in [9.17, 15) is 9.59 Å². The molecule has 2 aromatic rings. The van der Waals surface area contributed by atoms with Crippen LogP contribution in [0.4, 0.5) is 0 Å². The summed E-state index contributed by atoms with van der Waals surface area (Å²) in [5.41, 5.74) is 1.24. The van der Waals surface area contributed by atoms with Gasteiger partial charge in [-0.2, -0.15) is 0 Å². The average Bonchev–Trinajstić information content (AvgIpc) is 3.24. The summed E-state index contributed by atoms with van der Waals surface area (Å²) in [4.78, 5) is 30.2. The Labute approximate surface area is 189 Å². The lowest BCUT2D eigenvalue weighted by atomic mass is 9.93. The maximum Gasteiger partial charge on any atom is 0.243 e. The number of hydrogen-bond donors (Lipinski definition) is 0. The third kappa shape index (κ3) is 4.59. The predicted molar refractivity (Wildman–Crippen MR) is 122 cm³/mol. The molecular weight excluding hydrogens is 414 g/mol. The molecular formula is C24H32ClN3O3. The van der Waals surface area contributed by atoms with Crippen LogP contribution in [0, 0.1) is 5.41 Å². The van der Waals surface area contributed by atoms with Gasteiger partial charge >= 0.3 is 0 Å². The second-order valence-corrected chi connectivity index (χ2v) is 9.17. The van der Waals surface area contributed by atoms with Crippen molar-refractivity contribution < 1.29 is 14.3 Å². The number of fused-ring (bicyclic) bond motifs is 1. The maximum atomic E-state index is 13.6. The number of methoxy groups -OCH3 is 1. The first-order valence-corrected chi connectivity index (χ1v) is 11.2. The second-order valence-electron chi connectivity index (χ2n) is 8.90. The molecule has 1 aromatic heterocycles. The topological polar surface area (TPSA) is 54.8 Å². The number of hydrogen-bond acceptors (Lipinski definition) is 3. The maximum absolute atomic E-state index is 13.6. The number of ether oxygens (including phenoxy) is 1. The van der Waals surface area contributed by atoms with Gasteiger partial charge in [-0.25, -0.2) is 0 Å². The van der Waals surface area contributed by atoms with Gasteiger partial charge in [-0.3, -0.25) is 9.59 Å². The van der Waals surface area contributed by atoms with Crippen LogP contribution in [0.15, 0.2) is 42.6 Å². The molecule has 0 aliphatic carbocycles. The summed E-state index contributed by atoms with van der Waals surface area (Å²) in [6.07, 6.45) is 2.03. The SMILES string of the molecule is COc1ccccc1C1c2cccn2CCN1C(=O)CN(C(=O)C(C)(C)CCl)C(C)C. The summed E-state index contributed by atoms with van der Waals surface area (Å²) in [6.45, 7) is 8.76. The molecule has 31 heavy (non-hydrogen) atoms. The van der Waals surface area contributed by atoms with Crippen LogP contribution in [-0.4, -0.2) is 58.3 Å². The first-order chi connectivity index (χ1) is 14.7. The van der Waals surface area contributed by atoms with Gasteiger partial charge < -0.3 is 19.1 Å². The van der Waals surface area contributed by atoms with E-state index in [-0.39, 0.29) is 36.3 Å². The van der Waals surface area contributed by atoms with Crippen LogP contribution in [0.5, 0.6) is 5.75 Å². The smallest absolute Gasteiger partial charge is 0.243 e. The summed E-state index contributed by atoms with van der Waals surface area (Å²) in [5.74, 6) is 0.737.